The zero-order valence-corrected chi connectivity index (χ0v) is 12.1. The first-order chi connectivity index (χ1) is 10.1. The summed E-state index contributed by atoms with van der Waals surface area (Å²) in [6, 6.07) is 9.41. The van der Waals surface area contributed by atoms with E-state index in [2.05, 4.69) is 10.2 Å². The second kappa shape index (κ2) is 5.72. The molecule has 0 saturated heterocycles. The summed E-state index contributed by atoms with van der Waals surface area (Å²) in [7, 11) is 0. The average Bonchev–Trinajstić information content (AvgIpc) is 2.97. The second-order valence-electron chi connectivity index (χ2n) is 5.38. The van der Waals surface area contributed by atoms with Crippen molar-refractivity contribution in [2.24, 2.45) is 0 Å². The zero-order valence-electron chi connectivity index (χ0n) is 11.3. The van der Waals surface area contributed by atoms with Crippen molar-refractivity contribution in [2.75, 3.05) is 0 Å². The maximum absolute atomic E-state index is 13.2. The fraction of sp³-hybridized carbons (Fsp3) is 0.467. The van der Waals surface area contributed by atoms with Crippen molar-refractivity contribution in [3.8, 4) is 0 Å². The highest BCUT2D eigenvalue weighted by atomic mass is 35.5. The molecule has 0 radical (unpaired) electrons. The van der Waals surface area contributed by atoms with Crippen LogP contribution in [0.5, 0.6) is 0 Å². The summed E-state index contributed by atoms with van der Waals surface area (Å²) in [4.78, 5) is 0. The van der Waals surface area contributed by atoms with Crippen LogP contribution in [-0.2, 0) is 0 Å². The Hall–Kier alpha value is -1.49. The van der Waals surface area contributed by atoms with Gasteiger partial charge in [0.2, 0.25) is 17.7 Å². The highest BCUT2D eigenvalue weighted by molar-refractivity contribution is 6.22. The fourth-order valence-corrected chi connectivity index (χ4v) is 2.80. The topological polar surface area (TPSA) is 38.9 Å². The summed E-state index contributed by atoms with van der Waals surface area (Å²) in [5.74, 6) is -1.92. The van der Waals surface area contributed by atoms with E-state index in [9.17, 15) is 8.78 Å². The van der Waals surface area contributed by atoms with Crippen LogP contribution in [-0.4, -0.2) is 16.1 Å². The summed E-state index contributed by atoms with van der Waals surface area (Å²) < 4.78 is 31.9. The van der Waals surface area contributed by atoms with Gasteiger partial charge in [-0.15, -0.1) is 21.8 Å². The fourth-order valence-electron chi connectivity index (χ4n) is 2.57. The molecule has 1 unspecified atom stereocenters. The smallest absolute Gasteiger partial charge is 0.248 e. The van der Waals surface area contributed by atoms with Crippen molar-refractivity contribution < 1.29 is 13.2 Å². The molecule has 1 aliphatic carbocycles. The van der Waals surface area contributed by atoms with Gasteiger partial charge in [0.05, 0.1) is 0 Å². The van der Waals surface area contributed by atoms with Crippen LogP contribution in [0.4, 0.5) is 8.78 Å². The molecular weight excluding hydrogens is 298 g/mol. The molecule has 1 aliphatic rings. The molecule has 1 atom stereocenters. The quantitative estimate of drug-likeness (QED) is 0.772. The molecule has 3 nitrogen and oxygen atoms in total. The van der Waals surface area contributed by atoms with E-state index in [1.165, 1.54) is 0 Å². The minimum atomic E-state index is -2.56. The first kappa shape index (κ1) is 14.4. The Kier molecular flexibility index (Phi) is 3.93. The third-order valence-corrected chi connectivity index (χ3v) is 4.27. The van der Waals surface area contributed by atoms with Gasteiger partial charge in [-0.3, -0.25) is 0 Å². The van der Waals surface area contributed by atoms with Crippen LogP contribution in [0.15, 0.2) is 34.7 Å². The minimum Gasteiger partial charge on any atom is -0.423 e. The maximum atomic E-state index is 13.2. The molecule has 112 valence electrons. The van der Waals surface area contributed by atoms with Crippen LogP contribution in [0.3, 0.4) is 0 Å². The summed E-state index contributed by atoms with van der Waals surface area (Å²) in [5.41, 5.74) is 0.865. The van der Waals surface area contributed by atoms with E-state index in [1.54, 1.807) is 0 Å². The van der Waals surface area contributed by atoms with Crippen molar-refractivity contribution in [2.45, 2.75) is 42.9 Å². The van der Waals surface area contributed by atoms with Gasteiger partial charge in [0, 0.05) is 18.8 Å². The molecule has 1 aromatic heterocycles. The van der Waals surface area contributed by atoms with E-state index < -0.39 is 11.3 Å². The highest BCUT2D eigenvalue weighted by Crippen LogP contribution is 2.41. The number of halogens is 3. The molecule has 1 heterocycles. The van der Waals surface area contributed by atoms with Gasteiger partial charge in [0.1, 0.15) is 5.38 Å². The molecular formula is C15H15ClF2N2O. The Bertz CT molecular complexity index is 593. The summed E-state index contributed by atoms with van der Waals surface area (Å²) in [6.45, 7) is 0. The molecule has 6 heteroatoms. The predicted molar refractivity (Wildman–Crippen MR) is 74.6 cm³/mol. The van der Waals surface area contributed by atoms with Gasteiger partial charge in [-0.2, -0.15) is 0 Å². The van der Waals surface area contributed by atoms with Crippen molar-refractivity contribution >= 4 is 11.6 Å². The number of hydrogen-bond acceptors (Lipinski definition) is 3. The molecule has 0 N–H and O–H groups in total. The molecule has 3 rings (SSSR count). The first-order valence-electron chi connectivity index (χ1n) is 6.95. The van der Waals surface area contributed by atoms with Crippen molar-refractivity contribution in [1.29, 1.82) is 0 Å². The number of alkyl halides is 3. The lowest BCUT2D eigenvalue weighted by Gasteiger charge is -2.25. The summed E-state index contributed by atoms with van der Waals surface area (Å²) in [5, 5.41) is 7.44. The lowest BCUT2D eigenvalue weighted by atomic mass is 9.87. The van der Waals surface area contributed by atoms with Gasteiger partial charge >= 0.3 is 0 Å². The lowest BCUT2D eigenvalue weighted by molar-refractivity contribution is -0.0399. The Morgan fingerprint density at radius 3 is 2.48 bits per heavy atom. The van der Waals surface area contributed by atoms with Gasteiger partial charge in [-0.25, -0.2) is 8.78 Å². The van der Waals surface area contributed by atoms with Gasteiger partial charge < -0.3 is 4.42 Å². The Labute approximate surface area is 126 Å². The van der Waals surface area contributed by atoms with Gasteiger partial charge in [-0.1, -0.05) is 30.3 Å². The first-order valence-corrected chi connectivity index (χ1v) is 7.39. The van der Waals surface area contributed by atoms with Crippen LogP contribution in [0.2, 0.25) is 0 Å². The number of hydrogen-bond donors (Lipinski definition) is 0. The summed E-state index contributed by atoms with van der Waals surface area (Å²) in [6.07, 6.45) is 0.483. The molecule has 1 saturated carbocycles. The monoisotopic (exact) mass is 312 g/mol. The standard InChI is InChI=1S/C15H15ClF2N2O/c16-12(10-4-2-1-3-5-10)14-20-19-13(21-14)11-6-8-15(17,18)9-7-11/h1-5,11-12H,6-9H2. The predicted octanol–water partition coefficient (Wildman–Crippen LogP) is 4.69. The normalized spacial score (nSPS) is 20.3. The highest BCUT2D eigenvalue weighted by Gasteiger charge is 2.37. The Balaban J connectivity index is 1.72. The van der Waals surface area contributed by atoms with Crippen molar-refractivity contribution in [3.63, 3.8) is 0 Å². The van der Waals surface area contributed by atoms with Crippen molar-refractivity contribution in [1.82, 2.24) is 10.2 Å². The van der Waals surface area contributed by atoms with Crippen LogP contribution in [0.1, 0.15) is 54.3 Å². The molecule has 1 aromatic carbocycles. The largest absolute Gasteiger partial charge is 0.423 e. The summed E-state index contributed by atoms with van der Waals surface area (Å²) >= 11 is 6.31. The van der Waals surface area contributed by atoms with E-state index in [0.717, 1.165) is 5.56 Å². The van der Waals surface area contributed by atoms with E-state index >= 15 is 0 Å². The SMILES string of the molecule is FC1(F)CCC(c2nnc(C(Cl)c3ccccc3)o2)CC1. The van der Waals surface area contributed by atoms with E-state index in [0.29, 0.717) is 24.6 Å². The van der Waals surface area contributed by atoms with Gasteiger partial charge in [0.15, 0.2) is 0 Å². The Morgan fingerprint density at radius 1 is 1.14 bits per heavy atom. The minimum absolute atomic E-state index is 0.0921. The molecule has 0 aliphatic heterocycles. The van der Waals surface area contributed by atoms with E-state index in [4.69, 9.17) is 16.0 Å². The molecule has 0 bridgehead atoms. The van der Waals surface area contributed by atoms with Crippen LogP contribution < -0.4 is 0 Å². The van der Waals surface area contributed by atoms with Crippen molar-refractivity contribution in [3.05, 3.63) is 47.7 Å². The number of nitrogens with zero attached hydrogens (tertiary/aromatic N) is 2. The number of benzene rings is 1. The molecule has 0 spiro atoms. The molecule has 1 fully saturated rings. The second-order valence-corrected chi connectivity index (χ2v) is 5.82. The Morgan fingerprint density at radius 2 is 1.81 bits per heavy atom. The van der Waals surface area contributed by atoms with Crippen LogP contribution in [0.25, 0.3) is 0 Å². The number of aromatic nitrogens is 2. The molecule has 21 heavy (non-hydrogen) atoms. The van der Waals surface area contributed by atoms with Crippen LogP contribution in [0, 0.1) is 0 Å². The zero-order chi connectivity index (χ0) is 14.9. The third kappa shape index (κ3) is 3.23. The molecule has 0 amide bonds. The van der Waals surface area contributed by atoms with E-state index in [-0.39, 0.29) is 18.8 Å². The number of rotatable bonds is 3. The molecule has 2 aromatic rings. The van der Waals surface area contributed by atoms with Gasteiger partial charge in [-0.05, 0) is 18.4 Å². The van der Waals surface area contributed by atoms with Gasteiger partial charge in [0.25, 0.3) is 0 Å². The average molecular weight is 313 g/mol. The van der Waals surface area contributed by atoms with Crippen LogP contribution >= 0.6 is 11.6 Å². The third-order valence-electron chi connectivity index (χ3n) is 3.83. The lowest BCUT2D eigenvalue weighted by Crippen LogP contribution is -2.23. The maximum Gasteiger partial charge on any atom is 0.248 e. The van der Waals surface area contributed by atoms with E-state index in [1.807, 2.05) is 30.3 Å².